The molecule has 40 heavy (non-hydrogen) atoms. The van der Waals surface area contributed by atoms with E-state index >= 15 is 0 Å². The Kier molecular flexibility index (Phi) is 7.83. The van der Waals surface area contributed by atoms with Gasteiger partial charge in [-0.05, 0) is 73.0 Å². The first-order valence-electron chi connectivity index (χ1n) is 13.1. The molecule has 204 valence electrons. The first kappa shape index (κ1) is 27.7. The highest BCUT2D eigenvalue weighted by Gasteiger charge is 2.32. The summed E-state index contributed by atoms with van der Waals surface area (Å²) in [4.78, 5) is 21.9. The van der Waals surface area contributed by atoms with E-state index in [2.05, 4.69) is 42.0 Å². The van der Waals surface area contributed by atoms with Gasteiger partial charge < -0.3 is 4.57 Å². The van der Waals surface area contributed by atoms with Crippen molar-refractivity contribution in [1.82, 2.24) is 19.7 Å². The van der Waals surface area contributed by atoms with Crippen molar-refractivity contribution in [3.05, 3.63) is 74.4 Å². The molecule has 0 amide bonds. The zero-order valence-electron chi connectivity index (χ0n) is 22.8. The zero-order valence-corrected chi connectivity index (χ0v) is 24.4. The molecule has 0 fully saturated rings. The van der Waals surface area contributed by atoms with Crippen LogP contribution < -0.4 is 0 Å². The van der Waals surface area contributed by atoms with Crippen LogP contribution >= 0.6 is 23.1 Å². The van der Waals surface area contributed by atoms with Gasteiger partial charge in [0.1, 0.15) is 11.1 Å². The lowest BCUT2D eigenvalue weighted by Crippen LogP contribution is -2.26. The summed E-state index contributed by atoms with van der Waals surface area (Å²) in [5, 5.41) is 31.7. The second-order valence-electron chi connectivity index (χ2n) is 10.7. The summed E-state index contributed by atoms with van der Waals surface area (Å²) in [5.41, 5.74) is 3.38. The Morgan fingerprint density at radius 1 is 1.27 bits per heavy atom. The van der Waals surface area contributed by atoms with Crippen molar-refractivity contribution < 1.29 is 4.92 Å². The first-order chi connectivity index (χ1) is 19.2. The topological polar surface area (TPSA) is 123 Å². The van der Waals surface area contributed by atoms with Gasteiger partial charge in [0, 0.05) is 58.2 Å². The molecule has 0 unspecified atom stereocenters. The number of aromatic nitrogens is 4. The quantitative estimate of drug-likeness (QED) is 0.130. The smallest absolute Gasteiger partial charge is 0.270 e. The maximum absolute atomic E-state index is 11.6. The van der Waals surface area contributed by atoms with Crippen LogP contribution in [0.25, 0.3) is 11.4 Å². The summed E-state index contributed by atoms with van der Waals surface area (Å²) < 4.78 is 2.00. The fraction of sp³-hybridized carbons (Fsp3) is 0.345. The monoisotopic (exact) mass is 571 g/mol. The summed E-state index contributed by atoms with van der Waals surface area (Å²) in [7, 11) is 0. The number of nitriles is 1. The van der Waals surface area contributed by atoms with Gasteiger partial charge >= 0.3 is 0 Å². The molecule has 11 heteroatoms. The molecule has 0 N–H and O–H groups in total. The van der Waals surface area contributed by atoms with Crippen LogP contribution in [0.2, 0.25) is 0 Å². The number of thiophene rings is 1. The van der Waals surface area contributed by atoms with Gasteiger partial charge in [-0.25, -0.2) is 4.99 Å². The van der Waals surface area contributed by atoms with E-state index in [1.807, 2.05) is 23.6 Å². The average Bonchev–Trinajstić information content (AvgIpc) is 3.52. The van der Waals surface area contributed by atoms with Crippen LogP contribution in [-0.4, -0.2) is 30.9 Å². The molecule has 4 aromatic rings. The molecule has 1 atom stereocenters. The molecule has 1 aliphatic rings. The minimum atomic E-state index is -0.418. The third-order valence-electron chi connectivity index (χ3n) is 7.28. The van der Waals surface area contributed by atoms with Gasteiger partial charge in [-0.1, -0.05) is 20.8 Å². The highest BCUT2D eigenvalue weighted by molar-refractivity contribution is 7.99. The molecule has 1 aliphatic carbocycles. The number of aliphatic imine (C=N–C) groups is 1. The van der Waals surface area contributed by atoms with Crippen LogP contribution in [0.4, 0.5) is 10.7 Å². The predicted molar refractivity (Wildman–Crippen MR) is 157 cm³/mol. The van der Waals surface area contributed by atoms with Gasteiger partial charge in [0.25, 0.3) is 5.69 Å². The third-order valence-corrected chi connectivity index (χ3v) is 9.52. The predicted octanol–water partition coefficient (Wildman–Crippen LogP) is 7.25. The number of non-ortho nitro benzene ring substituents is 1. The lowest BCUT2D eigenvalue weighted by Gasteiger charge is -2.33. The SMILES string of the molecule is CCn1c(Sc2ccc([N+](=O)[O-])cc2C=Nc2sc3c(c2C#N)CC[C@@H](C(C)(C)C)C3)nnc1-c1ccncc1. The normalized spacial score (nSPS) is 15.2. The first-order valence-corrected chi connectivity index (χ1v) is 14.7. The van der Waals surface area contributed by atoms with E-state index in [1.165, 1.54) is 28.8 Å². The van der Waals surface area contributed by atoms with Crippen LogP contribution in [0.3, 0.4) is 0 Å². The lowest BCUT2D eigenvalue weighted by atomic mass is 9.72. The van der Waals surface area contributed by atoms with Gasteiger partial charge in [0.2, 0.25) is 0 Å². The number of benzene rings is 1. The minimum absolute atomic E-state index is 0.0285. The van der Waals surface area contributed by atoms with Crippen molar-refractivity contribution in [3.8, 4) is 17.5 Å². The number of nitro benzene ring substituents is 1. The van der Waals surface area contributed by atoms with E-state index in [9.17, 15) is 15.4 Å². The van der Waals surface area contributed by atoms with Crippen molar-refractivity contribution in [2.45, 2.75) is 63.6 Å². The Balaban J connectivity index is 1.50. The van der Waals surface area contributed by atoms with Gasteiger partial charge in [0.15, 0.2) is 11.0 Å². The number of hydrogen-bond acceptors (Lipinski definition) is 9. The molecule has 3 aromatic heterocycles. The van der Waals surface area contributed by atoms with Crippen LogP contribution in [0.15, 0.2) is 57.8 Å². The molecule has 0 aliphatic heterocycles. The zero-order chi connectivity index (χ0) is 28.4. The summed E-state index contributed by atoms with van der Waals surface area (Å²) in [5.74, 6) is 1.27. The molecular formula is C29H29N7O2S2. The highest BCUT2D eigenvalue weighted by atomic mass is 32.2. The Bertz CT molecular complexity index is 1630. The summed E-state index contributed by atoms with van der Waals surface area (Å²) in [6.07, 6.45) is 7.92. The molecule has 1 aromatic carbocycles. The van der Waals surface area contributed by atoms with E-state index in [-0.39, 0.29) is 11.1 Å². The van der Waals surface area contributed by atoms with E-state index in [1.54, 1.807) is 36.0 Å². The molecule has 5 rings (SSSR count). The molecule has 0 saturated carbocycles. The number of pyridine rings is 1. The van der Waals surface area contributed by atoms with Crippen molar-refractivity contribution in [2.24, 2.45) is 16.3 Å². The van der Waals surface area contributed by atoms with Gasteiger partial charge in [-0.3, -0.25) is 15.1 Å². The van der Waals surface area contributed by atoms with E-state index < -0.39 is 4.92 Å². The number of fused-ring (bicyclic) bond motifs is 1. The third kappa shape index (κ3) is 5.55. The fourth-order valence-electron chi connectivity index (χ4n) is 4.95. The van der Waals surface area contributed by atoms with Crippen molar-refractivity contribution >= 4 is 40.0 Å². The molecule has 9 nitrogen and oxygen atoms in total. The fourth-order valence-corrected chi connectivity index (χ4v) is 7.14. The van der Waals surface area contributed by atoms with Crippen molar-refractivity contribution in [1.29, 1.82) is 5.26 Å². The van der Waals surface area contributed by atoms with Gasteiger partial charge in [-0.2, -0.15) is 5.26 Å². The molecule has 3 heterocycles. The number of nitro groups is 1. The molecule has 0 radical (unpaired) electrons. The molecule has 0 saturated heterocycles. The Morgan fingerprint density at radius 2 is 2.05 bits per heavy atom. The van der Waals surface area contributed by atoms with E-state index in [4.69, 9.17) is 4.99 Å². The Labute approximate surface area is 241 Å². The second kappa shape index (κ2) is 11.3. The Morgan fingerprint density at radius 3 is 2.73 bits per heavy atom. The van der Waals surface area contributed by atoms with Gasteiger partial charge in [-0.15, -0.1) is 21.5 Å². The summed E-state index contributed by atoms with van der Waals surface area (Å²) >= 11 is 2.94. The Hall–Kier alpha value is -3.88. The van der Waals surface area contributed by atoms with Crippen molar-refractivity contribution in [2.75, 3.05) is 0 Å². The van der Waals surface area contributed by atoms with E-state index in [0.29, 0.717) is 33.7 Å². The maximum Gasteiger partial charge on any atom is 0.270 e. The standard InChI is InChI=1S/C29H29N7O2S2/c1-5-35-26(18-10-12-31-13-11-18)33-34-28(35)40-24-9-7-21(36(37)38)14-19(24)17-32-27-23(16-30)22-8-6-20(29(2,3)4)15-25(22)39-27/h7,9-14,17,20H,5-6,8,15H2,1-4H3/t20-/m1/s1. The number of hydrogen-bond donors (Lipinski definition) is 0. The molecule has 0 spiro atoms. The van der Waals surface area contributed by atoms with Crippen LogP contribution in [0.1, 0.15) is 55.7 Å². The largest absolute Gasteiger partial charge is 0.302 e. The average molecular weight is 572 g/mol. The number of rotatable bonds is 7. The number of nitrogens with zero attached hydrogens (tertiary/aromatic N) is 7. The molecule has 0 bridgehead atoms. The molecular weight excluding hydrogens is 543 g/mol. The van der Waals surface area contributed by atoms with Crippen LogP contribution in [-0.2, 0) is 19.4 Å². The second-order valence-corrected chi connectivity index (χ2v) is 12.8. The minimum Gasteiger partial charge on any atom is -0.302 e. The highest BCUT2D eigenvalue weighted by Crippen LogP contribution is 2.45. The maximum atomic E-state index is 11.6. The lowest BCUT2D eigenvalue weighted by molar-refractivity contribution is -0.384. The van der Waals surface area contributed by atoms with Crippen LogP contribution in [0, 0.1) is 32.8 Å². The summed E-state index contributed by atoms with van der Waals surface area (Å²) in [6.45, 7) is 9.46. The van der Waals surface area contributed by atoms with Crippen LogP contribution in [0.5, 0.6) is 0 Å². The van der Waals surface area contributed by atoms with Gasteiger partial charge in [0.05, 0.1) is 10.5 Å². The van der Waals surface area contributed by atoms with Crippen molar-refractivity contribution in [3.63, 3.8) is 0 Å². The van der Waals surface area contributed by atoms with E-state index in [0.717, 1.165) is 41.1 Å². The summed E-state index contributed by atoms with van der Waals surface area (Å²) in [6, 6.07) is 10.8.